The molecule has 6 nitrogen and oxygen atoms in total. The summed E-state index contributed by atoms with van der Waals surface area (Å²) in [6, 6.07) is 2.63. The zero-order chi connectivity index (χ0) is 14.0. The number of nitrogens with one attached hydrogen (secondary N) is 2. The van der Waals surface area contributed by atoms with Crippen LogP contribution in [0.3, 0.4) is 0 Å². The Kier molecular flexibility index (Phi) is 3.50. The molecular weight excluding hydrogens is 248 g/mol. The molecule has 3 N–H and O–H groups in total. The van der Waals surface area contributed by atoms with E-state index < -0.39 is 5.97 Å². The second-order valence-corrected chi connectivity index (χ2v) is 5.37. The summed E-state index contributed by atoms with van der Waals surface area (Å²) in [5.74, 6) is -0.293. The molecule has 0 radical (unpaired) electrons. The maximum absolute atomic E-state index is 11.7. The summed E-state index contributed by atoms with van der Waals surface area (Å²) in [5.41, 5.74) is -0.209. The highest BCUT2D eigenvalue weighted by Gasteiger charge is 2.38. The molecule has 1 aromatic heterocycles. The Hall–Kier alpha value is -1.98. The van der Waals surface area contributed by atoms with Crippen molar-refractivity contribution in [3.63, 3.8) is 0 Å². The van der Waals surface area contributed by atoms with Crippen LogP contribution < -0.4 is 10.6 Å². The molecule has 0 aliphatic heterocycles. The van der Waals surface area contributed by atoms with Gasteiger partial charge >= 0.3 is 12.0 Å². The number of urea groups is 1. The van der Waals surface area contributed by atoms with E-state index in [0.717, 1.165) is 12.8 Å². The summed E-state index contributed by atoms with van der Waals surface area (Å²) < 4.78 is 5.04. The van der Waals surface area contributed by atoms with E-state index in [1.807, 2.05) is 13.8 Å². The van der Waals surface area contributed by atoms with Crippen LogP contribution >= 0.6 is 0 Å². The summed E-state index contributed by atoms with van der Waals surface area (Å²) in [6.45, 7) is 4.17. The van der Waals surface area contributed by atoms with E-state index in [2.05, 4.69) is 10.6 Å². The van der Waals surface area contributed by atoms with Crippen molar-refractivity contribution in [1.29, 1.82) is 0 Å². The molecule has 104 valence electrons. The molecule has 0 aromatic carbocycles. The lowest BCUT2D eigenvalue weighted by atomic mass is 9.99. The molecule has 0 spiro atoms. The van der Waals surface area contributed by atoms with Gasteiger partial charge in [-0.1, -0.05) is 0 Å². The third kappa shape index (κ3) is 3.49. The highest BCUT2D eigenvalue weighted by atomic mass is 16.4. The molecule has 1 fully saturated rings. The van der Waals surface area contributed by atoms with Gasteiger partial charge < -0.3 is 20.2 Å². The van der Waals surface area contributed by atoms with E-state index in [4.69, 9.17) is 9.52 Å². The summed E-state index contributed by atoms with van der Waals surface area (Å²) in [5, 5.41) is 14.3. The Morgan fingerprint density at radius 2 is 2.11 bits per heavy atom. The number of carbonyl (C=O) groups is 2. The molecule has 6 heteroatoms. The van der Waals surface area contributed by atoms with Crippen molar-refractivity contribution in [3.05, 3.63) is 23.7 Å². The number of hydrogen-bond donors (Lipinski definition) is 3. The largest absolute Gasteiger partial charge is 0.475 e. The Bertz CT molecular complexity index is 489. The van der Waals surface area contributed by atoms with Crippen molar-refractivity contribution in [1.82, 2.24) is 10.6 Å². The maximum Gasteiger partial charge on any atom is 0.371 e. The van der Waals surface area contributed by atoms with Crippen molar-refractivity contribution in [2.24, 2.45) is 5.92 Å². The van der Waals surface area contributed by atoms with Crippen LogP contribution in [-0.4, -0.2) is 22.6 Å². The van der Waals surface area contributed by atoms with Gasteiger partial charge in [0.15, 0.2) is 0 Å². The van der Waals surface area contributed by atoms with Crippen LogP contribution in [0, 0.1) is 5.92 Å². The van der Waals surface area contributed by atoms with E-state index in [1.165, 1.54) is 12.1 Å². The maximum atomic E-state index is 11.7. The monoisotopic (exact) mass is 266 g/mol. The molecule has 0 saturated heterocycles. The van der Waals surface area contributed by atoms with Crippen LogP contribution in [-0.2, 0) is 6.54 Å². The lowest BCUT2D eigenvalue weighted by molar-refractivity contribution is 0.0660. The van der Waals surface area contributed by atoms with Gasteiger partial charge in [-0.25, -0.2) is 9.59 Å². The minimum atomic E-state index is -1.12. The number of carboxylic acids is 1. The summed E-state index contributed by atoms with van der Waals surface area (Å²) in [4.78, 5) is 22.4. The zero-order valence-electron chi connectivity index (χ0n) is 11.0. The first kappa shape index (κ1) is 13.5. The smallest absolute Gasteiger partial charge is 0.371 e. The average molecular weight is 266 g/mol. The van der Waals surface area contributed by atoms with Gasteiger partial charge in [0.25, 0.3) is 0 Å². The highest BCUT2D eigenvalue weighted by molar-refractivity contribution is 5.84. The molecule has 1 aliphatic rings. The van der Waals surface area contributed by atoms with Gasteiger partial charge in [0.05, 0.1) is 6.54 Å². The molecule has 1 aromatic rings. The molecule has 0 atom stereocenters. The van der Waals surface area contributed by atoms with E-state index in [-0.39, 0.29) is 23.9 Å². The molecule has 1 heterocycles. The average Bonchev–Trinajstić information content (AvgIpc) is 3.06. The van der Waals surface area contributed by atoms with Crippen LogP contribution in [0.25, 0.3) is 0 Å². The third-order valence-electron chi connectivity index (χ3n) is 3.33. The predicted molar refractivity (Wildman–Crippen MR) is 67.8 cm³/mol. The Morgan fingerprint density at radius 1 is 1.42 bits per heavy atom. The SMILES string of the molecule is CC(C)(NC(=O)NCc1ccc(C(=O)O)o1)C1CC1. The van der Waals surface area contributed by atoms with Gasteiger partial charge in [0.2, 0.25) is 5.76 Å². The zero-order valence-corrected chi connectivity index (χ0v) is 11.0. The van der Waals surface area contributed by atoms with Crippen LogP contribution in [0.15, 0.2) is 16.5 Å². The second kappa shape index (κ2) is 4.95. The Balaban J connectivity index is 1.81. The first-order chi connectivity index (χ1) is 8.88. The van der Waals surface area contributed by atoms with E-state index in [9.17, 15) is 9.59 Å². The fourth-order valence-corrected chi connectivity index (χ4v) is 2.00. The fraction of sp³-hybridized carbons (Fsp3) is 0.538. The summed E-state index contributed by atoms with van der Waals surface area (Å²) >= 11 is 0. The summed E-state index contributed by atoms with van der Waals surface area (Å²) in [6.07, 6.45) is 2.29. The number of carboxylic acid groups (broad SMARTS) is 1. The van der Waals surface area contributed by atoms with Crippen molar-refractivity contribution < 1.29 is 19.1 Å². The van der Waals surface area contributed by atoms with Gasteiger partial charge in [-0.2, -0.15) is 0 Å². The fourth-order valence-electron chi connectivity index (χ4n) is 2.00. The minimum Gasteiger partial charge on any atom is -0.475 e. The molecule has 2 amide bonds. The standard InChI is InChI=1S/C13H18N2O4/c1-13(2,8-3-4-8)15-12(18)14-7-9-5-6-10(19-9)11(16)17/h5-6,8H,3-4,7H2,1-2H3,(H,16,17)(H2,14,15,18). The van der Waals surface area contributed by atoms with Gasteiger partial charge in [0, 0.05) is 5.54 Å². The molecule has 1 saturated carbocycles. The van der Waals surface area contributed by atoms with Gasteiger partial charge in [-0.3, -0.25) is 0 Å². The lowest BCUT2D eigenvalue weighted by Gasteiger charge is -2.26. The number of aromatic carboxylic acids is 1. The highest BCUT2D eigenvalue weighted by Crippen LogP contribution is 2.39. The molecule has 2 rings (SSSR count). The normalized spacial score (nSPS) is 15.1. The van der Waals surface area contributed by atoms with Crippen molar-refractivity contribution in [3.8, 4) is 0 Å². The molecule has 19 heavy (non-hydrogen) atoms. The van der Waals surface area contributed by atoms with Crippen LogP contribution in [0.2, 0.25) is 0 Å². The van der Waals surface area contributed by atoms with E-state index in [1.54, 1.807) is 0 Å². The second-order valence-electron chi connectivity index (χ2n) is 5.37. The quantitative estimate of drug-likeness (QED) is 0.759. The van der Waals surface area contributed by atoms with Gasteiger partial charge in [0.1, 0.15) is 5.76 Å². The Labute approximate surface area is 111 Å². The molecular formula is C13H18N2O4. The Morgan fingerprint density at radius 3 is 2.63 bits per heavy atom. The van der Waals surface area contributed by atoms with Crippen LogP contribution in [0.1, 0.15) is 43.0 Å². The summed E-state index contributed by atoms with van der Waals surface area (Å²) in [7, 11) is 0. The minimum absolute atomic E-state index is 0.129. The number of rotatable bonds is 5. The number of hydrogen-bond acceptors (Lipinski definition) is 3. The topological polar surface area (TPSA) is 91.6 Å². The molecule has 1 aliphatic carbocycles. The van der Waals surface area contributed by atoms with Crippen LogP contribution in [0.4, 0.5) is 4.79 Å². The van der Waals surface area contributed by atoms with E-state index in [0.29, 0.717) is 11.7 Å². The van der Waals surface area contributed by atoms with Crippen molar-refractivity contribution >= 4 is 12.0 Å². The first-order valence-electron chi connectivity index (χ1n) is 6.26. The van der Waals surface area contributed by atoms with Crippen molar-refractivity contribution in [2.75, 3.05) is 0 Å². The lowest BCUT2D eigenvalue weighted by Crippen LogP contribution is -2.49. The third-order valence-corrected chi connectivity index (χ3v) is 3.33. The number of amides is 2. The number of furan rings is 1. The van der Waals surface area contributed by atoms with Gasteiger partial charge in [-0.15, -0.1) is 0 Å². The van der Waals surface area contributed by atoms with Crippen molar-refractivity contribution in [2.45, 2.75) is 38.8 Å². The molecule has 0 unspecified atom stereocenters. The molecule has 0 bridgehead atoms. The van der Waals surface area contributed by atoms with Crippen LogP contribution in [0.5, 0.6) is 0 Å². The van der Waals surface area contributed by atoms with E-state index >= 15 is 0 Å². The van der Waals surface area contributed by atoms with Gasteiger partial charge in [-0.05, 0) is 44.7 Å². The predicted octanol–water partition coefficient (Wildman–Crippen LogP) is 1.97. The number of carbonyl (C=O) groups excluding carboxylic acids is 1. The first-order valence-corrected chi connectivity index (χ1v) is 6.26.